The first-order chi connectivity index (χ1) is 14.1. The lowest BCUT2D eigenvalue weighted by Gasteiger charge is -2.23. The number of cyclic esters (lactones) is 1. The predicted molar refractivity (Wildman–Crippen MR) is 109 cm³/mol. The van der Waals surface area contributed by atoms with E-state index in [1.807, 2.05) is 12.1 Å². The maximum atomic E-state index is 14.7. The molecule has 2 aliphatic heterocycles. The van der Waals surface area contributed by atoms with Gasteiger partial charge in [-0.15, -0.1) is 0 Å². The average molecular weight is 397 g/mol. The van der Waals surface area contributed by atoms with Gasteiger partial charge in [0.25, 0.3) is 0 Å². The van der Waals surface area contributed by atoms with Crippen molar-refractivity contribution >= 4 is 18.0 Å². The number of hydrogen-bond donors (Lipinski definition) is 1. The summed E-state index contributed by atoms with van der Waals surface area (Å²) in [5, 5.41) is 6.51. The minimum atomic E-state index is -0.508. The number of amides is 1. The van der Waals surface area contributed by atoms with E-state index in [0.717, 1.165) is 18.8 Å². The maximum absolute atomic E-state index is 14.7. The van der Waals surface area contributed by atoms with Gasteiger partial charge in [0.15, 0.2) is 0 Å². The van der Waals surface area contributed by atoms with Gasteiger partial charge < -0.3 is 10.5 Å². The van der Waals surface area contributed by atoms with E-state index in [4.69, 9.17) is 10.5 Å². The molecule has 0 aliphatic carbocycles. The number of halogens is 1. The number of benzene rings is 1. The fourth-order valence-corrected chi connectivity index (χ4v) is 3.54. The van der Waals surface area contributed by atoms with Crippen molar-refractivity contribution in [3.8, 4) is 11.1 Å². The highest BCUT2D eigenvalue weighted by Crippen LogP contribution is 2.28. The lowest BCUT2D eigenvalue weighted by molar-refractivity contribution is 0.145. The van der Waals surface area contributed by atoms with Crippen molar-refractivity contribution in [3.05, 3.63) is 48.0 Å². The van der Waals surface area contributed by atoms with E-state index in [9.17, 15) is 9.18 Å². The second kappa shape index (κ2) is 8.57. The van der Waals surface area contributed by atoms with Crippen molar-refractivity contribution < 1.29 is 13.9 Å². The molecular weight excluding hydrogens is 373 g/mol. The largest absolute Gasteiger partial charge is 0.443 e. The number of nitrogens with two attached hydrogens (primary N) is 1. The van der Waals surface area contributed by atoms with Crippen molar-refractivity contribution in [1.82, 2.24) is 9.99 Å². The standard InChI is InChI=1S/C21H24FN5O2/c22-20-10-17(27-14-18(11-23)29-21(27)28)6-7-19(20)15-4-5-16(24-12-15)13-25-26-8-2-1-3-9-26/h4-7,10,12-13,18H,1-3,8-9,11,14,23H2/b25-13+/t18-/m0/s1. The molecule has 1 amide bonds. The Kier molecular flexibility index (Phi) is 5.71. The highest BCUT2D eigenvalue weighted by Gasteiger charge is 2.31. The number of nitrogens with zero attached hydrogens (tertiary/aromatic N) is 4. The van der Waals surface area contributed by atoms with Crippen LogP contribution in [0.4, 0.5) is 14.9 Å². The van der Waals surface area contributed by atoms with Crippen molar-refractivity contribution in [2.45, 2.75) is 25.4 Å². The Labute approximate surface area is 169 Å². The van der Waals surface area contributed by atoms with Crippen molar-refractivity contribution in [2.75, 3.05) is 31.1 Å². The molecule has 1 aromatic heterocycles. The molecule has 4 rings (SSSR count). The molecule has 29 heavy (non-hydrogen) atoms. The molecular formula is C21H24FN5O2. The maximum Gasteiger partial charge on any atom is 0.414 e. The van der Waals surface area contributed by atoms with Crippen molar-refractivity contribution in [1.29, 1.82) is 0 Å². The van der Waals surface area contributed by atoms with Crippen LogP contribution >= 0.6 is 0 Å². The number of pyridine rings is 1. The molecule has 7 nitrogen and oxygen atoms in total. The summed E-state index contributed by atoms with van der Waals surface area (Å²) >= 11 is 0. The topological polar surface area (TPSA) is 84.0 Å². The van der Waals surface area contributed by atoms with E-state index >= 15 is 0 Å². The fraction of sp³-hybridized carbons (Fsp3) is 0.381. The van der Waals surface area contributed by atoms with Crippen LogP contribution in [0.2, 0.25) is 0 Å². The number of carbonyl (C=O) groups is 1. The molecule has 2 N–H and O–H groups in total. The summed E-state index contributed by atoms with van der Waals surface area (Å²) in [5.74, 6) is -0.428. The summed E-state index contributed by atoms with van der Waals surface area (Å²) in [6.07, 6.45) is 6.09. The average Bonchev–Trinajstić information content (AvgIpc) is 3.14. The van der Waals surface area contributed by atoms with Gasteiger partial charge in [-0.25, -0.2) is 9.18 Å². The highest BCUT2D eigenvalue weighted by molar-refractivity contribution is 5.90. The van der Waals surface area contributed by atoms with Crippen LogP contribution < -0.4 is 10.6 Å². The number of anilines is 1. The second-order valence-corrected chi connectivity index (χ2v) is 7.25. The second-order valence-electron chi connectivity index (χ2n) is 7.25. The fourth-order valence-electron chi connectivity index (χ4n) is 3.54. The summed E-state index contributed by atoms with van der Waals surface area (Å²) in [6, 6.07) is 8.31. The summed E-state index contributed by atoms with van der Waals surface area (Å²) in [6.45, 7) is 2.51. The number of piperidine rings is 1. The first-order valence-electron chi connectivity index (χ1n) is 9.87. The molecule has 0 radical (unpaired) electrons. The zero-order chi connectivity index (χ0) is 20.2. The van der Waals surface area contributed by atoms with Gasteiger partial charge in [-0.05, 0) is 43.5 Å². The Morgan fingerprint density at radius 2 is 2.07 bits per heavy atom. The van der Waals surface area contributed by atoms with E-state index in [-0.39, 0.29) is 12.6 Å². The molecule has 2 saturated heterocycles. The van der Waals surface area contributed by atoms with E-state index in [1.165, 1.54) is 30.2 Å². The number of aromatic nitrogens is 1. The van der Waals surface area contributed by atoms with E-state index in [1.54, 1.807) is 24.5 Å². The number of carbonyl (C=O) groups excluding carboxylic acids is 1. The lowest BCUT2D eigenvalue weighted by Crippen LogP contribution is -2.27. The molecule has 0 saturated carbocycles. The molecule has 3 heterocycles. The van der Waals surface area contributed by atoms with E-state index in [0.29, 0.717) is 23.4 Å². The quantitative estimate of drug-likeness (QED) is 0.784. The minimum absolute atomic E-state index is 0.238. The Morgan fingerprint density at radius 3 is 2.72 bits per heavy atom. The third-order valence-electron chi connectivity index (χ3n) is 5.18. The first kappa shape index (κ1) is 19.3. The SMILES string of the molecule is NC[C@H]1CN(c2ccc(-c3ccc(/C=N/N4CCCCC4)nc3)c(F)c2)C(=O)O1. The molecule has 0 spiro atoms. The van der Waals surface area contributed by atoms with Gasteiger partial charge in [0.05, 0.1) is 24.1 Å². The van der Waals surface area contributed by atoms with Gasteiger partial charge in [0.2, 0.25) is 0 Å². The Bertz CT molecular complexity index is 896. The zero-order valence-corrected chi connectivity index (χ0v) is 16.1. The predicted octanol–water partition coefficient (Wildman–Crippen LogP) is 2.99. The third-order valence-corrected chi connectivity index (χ3v) is 5.18. The monoisotopic (exact) mass is 397 g/mol. The molecule has 1 atom stereocenters. The number of ether oxygens (including phenoxy) is 1. The molecule has 0 unspecified atom stereocenters. The molecule has 2 fully saturated rings. The summed E-state index contributed by atoms with van der Waals surface area (Å²) in [4.78, 5) is 17.7. The molecule has 2 aliphatic rings. The molecule has 1 aromatic carbocycles. The molecule has 152 valence electrons. The molecule has 0 bridgehead atoms. The van der Waals surface area contributed by atoms with Crippen LogP contribution in [-0.2, 0) is 4.74 Å². The van der Waals surface area contributed by atoms with Gasteiger partial charge in [-0.3, -0.25) is 14.9 Å². The van der Waals surface area contributed by atoms with Gasteiger partial charge in [-0.1, -0.05) is 6.07 Å². The van der Waals surface area contributed by atoms with Crippen LogP contribution in [0, 0.1) is 5.82 Å². The van der Waals surface area contributed by atoms with Crippen LogP contribution in [0.15, 0.2) is 41.6 Å². The molecule has 8 heteroatoms. The van der Waals surface area contributed by atoms with Gasteiger partial charge in [0.1, 0.15) is 11.9 Å². The summed E-state index contributed by atoms with van der Waals surface area (Å²) < 4.78 is 19.8. The van der Waals surface area contributed by atoms with Crippen LogP contribution in [-0.4, -0.2) is 54.6 Å². The summed E-state index contributed by atoms with van der Waals surface area (Å²) in [7, 11) is 0. The van der Waals surface area contributed by atoms with Crippen LogP contribution in [0.25, 0.3) is 11.1 Å². The van der Waals surface area contributed by atoms with Gasteiger partial charge in [0, 0.05) is 37.0 Å². The number of hydrazone groups is 1. The lowest BCUT2D eigenvalue weighted by atomic mass is 10.1. The Morgan fingerprint density at radius 1 is 1.24 bits per heavy atom. The van der Waals surface area contributed by atoms with Gasteiger partial charge >= 0.3 is 6.09 Å². The minimum Gasteiger partial charge on any atom is -0.443 e. The molecule has 2 aromatic rings. The third kappa shape index (κ3) is 4.37. The normalized spacial score (nSPS) is 19.8. The van der Waals surface area contributed by atoms with E-state index in [2.05, 4.69) is 15.1 Å². The van der Waals surface area contributed by atoms with Crippen molar-refractivity contribution in [2.24, 2.45) is 10.8 Å². The Balaban J connectivity index is 1.47. The first-order valence-corrected chi connectivity index (χ1v) is 9.87. The summed E-state index contributed by atoms with van der Waals surface area (Å²) in [5.41, 5.74) is 7.80. The smallest absolute Gasteiger partial charge is 0.414 e. The zero-order valence-electron chi connectivity index (χ0n) is 16.1. The van der Waals surface area contributed by atoms with Crippen molar-refractivity contribution in [3.63, 3.8) is 0 Å². The highest BCUT2D eigenvalue weighted by atomic mass is 19.1. The van der Waals surface area contributed by atoms with Crippen LogP contribution in [0.3, 0.4) is 0 Å². The number of hydrogen-bond acceptors (Lipinski definition) is 6. The van der Waals surface area contributed by atoms with Gasteiger partial charge in [-0.2, -0.15) is 5.10 Å². The Hall–Kier alpha value is -3.00. The van der Waals surface area contributed by atoms with E-state index < -0.39 is 11.9 Å². The van der Waals surface area contributed by atoms with Crippen LogP contribution in [0.1, 0.15) is 25.0 Å². The van der Waals surface area contributed by atoms with Crippen LogP contribution in [0.5, 0.6) is 0 Å². The number of rotatable bonds is 5.